The molecule has 33 heavy (non-hydrogen) atoms. The molecule has 4 aliphatic rings. The van der Waals surface area contributed by atoms with Gasteiger partial charge in [0.15, 0.2) is 5.78 Å². The first-order valence-corrected chi connectivity index (χ1v) is 10.8. The van der Waals surface area contributed by atoms with E-state index in [2.05, 4.69) is 4.90 Å². The van der Waals surface area contributed by atoms with Crippen molar-refractivity contribution < 1.29 is 34.8 Å². The first-order valence-electron chi connectivity index (χ1n) is 10.8. The van der Waals surface area contributed by atoms with Crippen molar-refractivity contribution in [1.29, 1.82) is 0 Å². The maximum atomic E-state index is 12.6. The zero-order valence-corrected chi connectivity index (χ0v) is 17.7. The fourth-order valence-electron chi connectivity index (χ4n) is 5.58. The molecule has 1 heterocycles. The molecule has 3 aliphatic carbocycles. The Morgan fingerprint density at radius 2 is 1.73 bits per heavy atom. The third kappa shape index (κ3) is 3.01. The Balaban J connectivity index is 1.71. The number of ether oxygens (including phenoxy) is 1. The number of ketones is 1. The van der Waals surface area contributed by atoms with E-state index in [1.54, 1.807) is 6.07 Å². The Hall–Kier alpha value is -3.50. The second-order valence-corrected chi connectivity index (χ2v) is 8.80. The third-order valence-electron chi connectivity index (χ3n) is 7.11. The number of Topliss-reactive ketones (excluding diaryl/α,β-unsaturated/α-hetero) is 1. The van der Waals surface area contributed by atoms with E-state index in [1.807, 2.05) is 0 Å². The molecule has 1 fully saturated rings. The van der Waals surface area contributed by atoms with Crippen LogP contribution in [-0.4, -0.2) is 64.5 Å². The first-order chi connectivity index (χ1) is 15.7. The SMILES string of the molecule is NC(=O)C1=C(O)C2=C(O)C3=C(O)c4c(O)ccc(N5CCOCC5)c4C[C@H]3CC2[C@@H](N)C1=O. The number of amides is 1. The van der Waals surface area contributed by atoms with Gasteiger partial charge in [0.05, 0.1) is 24.8 Å². The maximum Gasteiger partial charge on any atom is 0.256 e. The van der Waals surface area contributed by atoms with Crippen molar-refractivity contribution in [3.8, 4) is 5.75 Å². The molecule has 0 radical (unpaired) electrons. The van der Waals surface area contributed by atoms with Gasteiger partial charge in [-0.3, -0.25) is 9.59 Å². The number of nitrogens with zero attached hydrogens (tertiary/aromatic N) is 1. The summed E-state index contributed by atoms with van der Waals surface area (Å²) in [4.78, 5) is 26.5. The topological polar surface area (TPSA) is 180 Å². The highest BCUT2D eigenvalue weighted by Crippen LogP contribution is 2.52. The zero-order chi connectivity index (χ0) is 23.6. The largest absolute Gasteiger partial charge is 0.507 e. The number of phenolic OH excluding ortho intramolecular Hbond substituents is 1. The number of carbonyl (C=O) groups excluding carboxylic acids is 2. The van der Waals surface area contributed by atoms with E-state index in [0.29, 0.717) is 32.7 Å². The average Bonchev–Trinajstić information content (AvgIpc) is 2.77. The number of aromatic hydroxyl groups is 1. The Kier molecular flexibility index (Phi) is 4.87. The normalized spacial score (nSPS) is 27.4. The van der Waals surface area contributed by atoms with Crippen LogP contribution in [0.3, 0.4) is 0 Å². The number of aliphatic hydroxyl groups excluding tert-OH is 3. The summed E-state index contributed by atoms with van der Waals surface area (Å²) in [5.41, 5.74) is 12.6. The standard InChI is InChI=1S/C23H25N3O7/c24-18-11-8-9-7-10-12(26-3-5-33-6-4-26)1-2-13(27)15(10)19(28)14(9)20(29)16(11)21(30)17(22(18)31)23(25)32/h1-2,9,11,18,27-30H,3-8,24H2,(H2,25,32)/t9-,11?,18+/m0/s1. The number of hydrogen-bond acceptors (Lipinski definition) is 9. The molecule has 5 rings (SSSR count). The summed E-state index contributed by atoms with van der Waals surface area (Å²) < 4.78 is 5.43. The van der Waals surface area contributed by atoms with Crippen molar-refractivity contribution in [3.05, 3.63) is 51.5 Å². The van der Waals surface area contributed by atoms with Crippen molar-refractivity contribution in [2.24, 2.45) is 23.3 Å². The molecule has 1 saturated heterocycles. The zero-order valence-electron chi connectivity index (χ0n) is 17.7. The monoisotopic (exact) mass is 455 g/mol. The van der Waals surface area contributed by atoms with Crippen LogP contribution in [0, 0.1) is 11.8 Å². The van der Waals surface area contributed by atoms with Crippen LogP contribution in [0.4, 0.5) is 5.69 Å². The molecule has 1 aromatic rings. The van der Waals surface area contributed by atoms with Crippen molar-refractivity contribution in [2.75, 3.05) is 31.2 Å². The van der Waals surface area contributed by atoms with Crippen LogP contribution in [0.25, 0.3) is 5.76 Å². The first kappa shape index (κ1) is 21.4. The fraction of sp³-hybridized carbons (Fsp3) is 0.391. The predicted octanol–water partition coefficient (Wildman–Crippen LogP) is 0.710. The van der Waals surface area contributed by atoms with Crippen LogP contribution in [0.15, 0.2) is 40.4 Å². The van der Waals surface area contributed by atoms with Crippen LogP contribution < -0.4 is 16.4 Å². The Morgan fingerprint density at radius 1 is 1.03 bits per heavy atom. The number of benzene rings is 1. The van der Waals surface area contributed by atoms with E-state index in [1.165, 1.54) is 6.07 Å². The van der Waals surface area contributed by atoms with Gasteiger partial charge < -0.3 is 41.5 Å². The number of carbonyl (C=O) groups is 2. The molecule has 1 aromatic carbocycles. The van der Waals surface area contributed by atoms with E-state index < -0.39 is 46.7 Å². The summed E-state index contributed by atoms with van der Waals surface area (Å²) in [6.45, 7) is 2.44. The number of hydrogen-bond donors (Lipinski definition) is 6. The lowest BCUT2D eigenvalue weighted by atomic mass is 9.65. The smallest absolute Gasteiger partial charge is 0.256 e. The molecular weight excluding hydrogens is 430 g/mol. The van der Waals surface area contributed by atoms with Gasteiger partial charge in [0.25, 0.3) is 5.91 Å². The van der Waals surface area contributed by atoms with Gasteiger partial charge in [0.2, 0.25) is 0 Å². The van der Waals surface area contributed by atoms with Gasteiger partial charge in [-0.25, -0.2) is 0 Å². The number of anilines is 1. The minimum absolute atomic E-state index is 0.0824. The molecule has 3 atom stereocenters. The summed E-state index contributed by atoms with van der Waals surface area (Å²) in [7, 11) is 0. The highest BCUT2D eigenvalue weighted by molar-refractivity contribution is 6.22. The fourth-order valence-corrected chi connectivity index (χ4v) is 5.58. The molecule has 0 spiro atoms. The highest BCUT2D eigenvalue weighted by Gasteiger charge is 2.49. The Labute approximate surface area is 189 Å². The van der Waals surface area contributed by atoms with Gasteiger partial charge in [-0.05, 0) is 36.5 Å². The summed E-state index contributed by atoms with van der Waals surface area (Å²) in [5.74, 6) is -4.71. The number of aliphatic hydroxyl groups is 3. The van der Waals surface area contributed by atoms with Gasteiger partial charge in [-0.1, -0.05) is 0 Å². The van der Waals surface area contributed by atoms with Gasteiger partial charge in [-0.15, -0.1) is 0 Å². The second kappa shape index (κ2) is 7.53. The van der Waals surface area contributed by atoms with Crippen LogP contribution in [0.5, 0.6) is 5.75 Å². The number of allylic oxidation sites excluding steroid dienone is 2. The molecule has 174 valence electrons. The Morgan fingerprint density at radius 3 is 2.39 bits per heavy atom. The number of morpholine rings is 1. The molecule has 0 bridgehead atoms. The quantitative estimate of drug-likeness (QED) is 0.350. The van der Waals surface area contributed by atoms with Crippen LogP contribution in [0.1, 0.15) is 17.5 Å². The van der Waals surface area contributed by atoms with Crippen LogP contribution in [-0.2, 0) is 20.7 Å². The van der Waals surface area contributed by atoms with E-state index in [-0.39, 0.29) is 34.6 Å². The van der Waals surface area contributed by atoms with Crippen molar-refractivity contribution in [3.63, 3.8) is 0 Å². The number of rotatable bonds is 2. The lowest BCUT2D eigenvalue weighted by Crippen LogP contribution is -2.49. The highest BCUT2D eigenvalue weighted by atomic mass is 16.5. The molecule has 0 aromatic heterocycles. The molecular formula is C23H25N3O7. The van der Waals surface area contributed by atoms with Crippen molar-refractivity contribution in [2.45, 2.75) is 18.9 Å². The van der Waals surface area contributed by atoms with Crippen molar-refractivity contribution >= 4 is 23.1 Å². The lowest BCUT2D eigenvalue weighted by Gasteiger charge is -2.41. The van der Waals surface area contributed by atoms with Crippen LogP contribution in [0.2, 0.25) is 0 Å². The molecule has 10 heteroatoms. The molecule has 1 amide bonds. The molecule has 1 aliphatic heterocycles. The molecule has 10 nitrogen and oxygen atoms in total. The average molecular weight is 455 g/mol. The lowest BCUT2D eigenvalue weighted by molar-refractivity contribution is -0.123. The number of phenols is 1. The summed E-state index contributed by atoms with van der Waals surface area (Å²) in [6, 6.07) is 2.12. The third-order valence-corrected chi connectivity index (χ3v) is 7.11. The summed E-state index contributed by atoms with van der Waals surface area (Å²) >= 11 is 0. The van der Waals surface area contributed by atoms with Crippen LogP contribution >= 0.6 is 0 Å². The van der Waals surface area contributed by atoms with E-state index in [4.69, 9.17) is 16.2 Å². The van der Waals surface area contributed by atoms with E-state index in [0.717, 1.165) is 11.3 Å². The second-order valence-electron chi connectivity index (χ2n) is 8.80. The number of primary amides is 1. The minimum atomic E-state index is -1.17. The minimum Gasteiger partial charge on any atom is -0.507 e. The molecule has 1 unspecified atom stereocenters. The van der Waals surface area contributed by atoms with Crippen molar-refractivity contribution in [1.82, 2.24) is 0 Å². The van der Waals surface area contributed by atoms with E-state index >= 15 is 0 Å². The summed E-state index contributed by atoms with van der Waals surface area (Å²) in [6.07, 6.45) is 0.622. The Bertz CT molecular complexity index is 1180. The van der Waals surface area contributed by atoms with E-state index in [9.17, 15) is 30.0 Å². The van der Waals surface area contributed by atoms with Gasteiger partial charge in [0.1, 0.15) is 28.6 Å². The molecule has 0 saturated carbocycles. The van der Waals surface area contributed by atoms with Gasteiger partial charge in [-0.2, -0.15) is 0 Å². The predicted molar refractivity (Wildman–Crippen MR) is 117 cm³/mol. The van der Waals surface area contributed by atoms with Gasteiger partial charge in [0, 0.05) is 35.8 Å². The van der Waals surface area contributed by atoms with Gasteiger partial charge >= 0.3 is 0 Å². The number of fused-ring (bicyclic) bond motifs is 3. The molecule has 8 N–H and O–H groups in total. The summed E-state index contributed by atoms with van der Waals surface area (Å²) in [5, 5.41) is 43.5. The number of nitrogens with two attached hydrogens (primary N) is 2. The maximum absolute atomic E-state index is 12.6.